The van der Waals surface area contributed by atoms with Gasteiger partial charge < -0.3 is 0 Å². The predicted molar refractivity (Wildman–Crippen MR) is 70.3 cm³/mol. The highest BCUT2D eigenvalue weighted by molar-refractivity contribution is 6.31. The quantitative estimate of drug-likeness (QED) is 0.843. The smallest absolute Gasteiger partial charge is 0.248 e. The first-order valence-electron chi connectivity index (χ1n) is 6.29. The van der Waals surface area contributed by atoms with Gasteiger partial charge in [0.05, 0.1) is 0 Å². The number of halogens is 3. The van der Waals surface area contributed by atoms with Crippen LogP contribution < -0.4 is 10.9 Å². The van der Waals surface area contributed by atoms with Crippen LogP contribution in [-0.4, -0.2) is 21.8 Å². The molecule has 2 atom stereocenters. The molecule has 0 aliphatic heterocycles. The molecule has 1 aromatic heterocycles. The van der Waals surface area contributed by atoms with Crippen LogP contribution in [-0.2, 0) is 4.79 Å². The third-order valence-corrected chi connectivity index (χ3v) is 3.74. The zero-order valence-electron chi connectivity index (χ0n) is 10.9. The van der Waals surface area contributed by atoms with E-state index in [9.17, 15) is 13.6 Å². The lowest BCUT2D eigenvalue weighted by Crippen LogP contribution is -2.43. The van der Waals surface area contributed by atoms with Gasteiger partial charge in [-0.05, 0) is 12.3 Å². The number of anilines is 1. The molecule has 2 unspecified atom stereocenters. The van der Waals surface area contributed by atoms with E-state index in [-0.39, 0.29) is 23.3 Å². The van der Waals surface area contributed by atoms with Crippen LogP contribution in [0.3, 0.4) is 0 Å². The molecule has 0 radical (unpaired) electrons. The van der Waals surface area contributed by atoms with Crippen molar-refractivity contribution in [1.82, 2.24) is 15.4 Å². The Kier molecular flexibility index (Phi) is 4.37. The number of alkyl halides is 2. The summed E-state index contributed by atoms with van der Waals surface area (Å²) in [5.74, 6) is -3.91. The maximum atomic E-state index is 13.4. The SMILES string of the molecule is CC1CCC(F)(F)CC1C(=O)NNc1nccnc1Cl. The fourth-order valence-electron chi connectivity index (χ4n) is 2.23. The van der Waals surface area contributed by atoms with E-state index in [1.54, 1.807) is 6.92 Å². The fourth-order valence-corrected chi connectivity index (χ4v) is 2.39. The van der Waals surface area contributed by atoms with Crippen molar-refractivity contribution in [3.05, 3.63) is 17.5 Å². The van der Waals surface area contributed by atoms with Crippen molar-refractivity contribution in [2.24, 2.45) is 11.8 Å². The second kappa shape index (κ2) is 5.87. The molecule has 5 nitrogen and oxygen atoms in total. The summed E-state index contributed by atoms with van der Waals surface area (Å²) in [5, 5.41) is 0.0924. The minimum Gasteiger partial charge on any atom is -0.279 e. The van der Waals surface area contributed by atoms with Crippen molar-refractivity contribution in [3.63, 3.8) is 0 Å². The minimum absolute atomic E-state index is 0.0891. The van der Waals surface area contributed by atoms with Gasteiger partial charge in [0.25, 0.3) is 0 Å². The van der Waals surface area contributed by atoms with Crippen LogP contribution >= 0.6 is 11.6 Å². The summed E-state index contributed by atoms with van der Waals surface area (Å²) in [6.07, 6.45) is 2.53. The van der Waals surface area contributed by atoms with Gasteiger partial charge in [-0.3, -0.25) is 15.6 Å². The zero-order valence-corrected chi connectivity index (χ0v) is 11.6. The number of carbonyl (C=O) groups excluding carboxylic acids is 1. The van der Waals surface area contributed by atoms with Gasteiger partial charge >= 0.3 is 0 Å². The molecule has 110 valence electrons. The summed E-state index contributed by atoms with van der Waals surface area (Å²) in [4.78, 5) is 19.6. The Hall–Kier alpha value is -1.50. The fraction of sp³-hybridized carbons (Fsp3) is 0.583. The summed E-state index contributed by atoms with van der Waals surface area (Å²) in [5.41, 5.74) is 4.88. The van der Waals surface area contributed by atoms with E-state index in [0.717, 1.165) is 0 Å². The van der Waals surface area contributed by atoms with E-state index in [2.05, 4.69) is 20.8 Å². The Balaban J connectivity index is 1.96. The Bertz CT molecular complexity index is 500. The third-order valence-electron chi connectivity index (χ3n) is 3.47. The molecule has 1 aromatic rings. The van der Waals surface area contributed by atoms with Gasteiger partial charge in [-0.25, -0.2) is 18.7 Å². The van der Waals surface area contributed by atoms with Crippen molar-refractivity contribution >= 4 is 23.3 Å². The van der Waals surface area contributed by atoms with E-state index in [0.29, 0.717) is 6.42 Å². The average Bonchev–Trinajstić information content (AvgIpc) is 2.40. The molecule has 1 amide bonds. The second-order valence-corrected chi connectivity index (χ2v) is 5.35. The van der Waals surface area contributed by atoms with E-state index in [1.807, 2.05) is 0 Å². The van der Waals surface area contributed by atoms with Crippen molar-refractivity contribution in [1.29, 1.82) is 0 Å². The molecule has 2 N–H and O–H groups in total. The molecule has 1 aliphatic rings. The molecule has 1 aliphatic carbocycles. The second-order valence-electron chi connectivity index (χ2n) is 4.99. The highest BCUT2D eigenvalue weighted by Crippen LogP contribution is 2.39. The lowest BCUT2D eigenvalue weighted by atomic mass is 9.78. The van der Waals surface area contributed by atoms with Gasteiger partial charge in [-0.2, -0.15) is 0 Å². The molecule has 0 saturated heterocycles. The first kappa shape index (κ1) is 14.9. The number of hydrogen-bond acceptors (Lipinski definition) is 4. The van der Waals surface area contributed by atoms with Gasteiger partial charge in [-0.15, -0.1) is 0 Å². The summed E-state index contributed by atoms with van der Waals surface area (Å²) >= 11 is 5.76. The topological polar surface area (TPSA) is 66.9 Å². The van der Waals surface area contributed by atoms with Crippen LogP contribution in [0.1, 0.15) is 26.2 Å². The van der Waals surface area contributed by atoms with Gasteiger partial charge in [-0.1, -0.05) is 18.5 Å². The molecule has 0 spiro atoms. The van der Waals surface area contributed by atoms with E-state index >= 15 is 0 Å². The Morgan fingerprint density at radius 3 is 2.85 bits per heavy atom. The van der Waals surface area contributed by atoms with Gasteiger partial charge in [0.2, 0.25) is 11.8 Å². The van der Waals surface area contributed by atoms with Gasteiger partial charge in [0.15, 0.2) is 11.0 Å². The number of aromatic nitrogens is 2. The molecular formula is C12H15ClF2N4O. The van der Waals surface area contributed by atoms with Gasteiger partial charge in [0, 0.05) is 31.2 Å². The molecular weight excluding hydrogens is 290 g/mol. The number of hydrogen-bond donors (Lipinski definition) is 2. The van der Waals surface area contributed by atoms with Crippen LogP contribution in [0.4, 0.5) is 14.6 Å². The summed E-state index contributed by atoms with van der Waals surface area (Å²) < 4.78 is 26.7. The summed E-state index contributed by atoms with van der Waals surface area (Å²) in [6, 6.07) is 0. The third kappa shape index (κ3) is 3.53. The van der Waals surface area contributed by atoms with E-state index < -0.39 is 24.2 Å². The number of nitrogens with one attached hydrogen (secondary N) is 2. The van der Waals surface area contributed by atoms with Crippen molar-refractivity contribution in [3.8, 4) is 0 Å². The van der Waals surface area contributed by atoms with Crippen LogP contribution in [0, 0.1) is 11.8 Å². The Morgan fingerprint density at radius 1 is 1.45 bits per heavy atom. The maximum absolute atomic E-state index is 13.4. The van der Waals surface area contributed by atoms with Gasteiger partial charge in [0.1, 0.15) is 0 Å². The molecule has 1 fully saturated rings. The molecule has 2 rings (SSSR count). The first-order chi connectivity index (χ1) is 9.39. The first-order valence-corrected chi connectivity index (χ1v) is 6.67. The number of carbonyl (C=O) groups is 1. The summed E-state index contributed by atoms with van der Waals surface area (Å²) in [7, 11) is 0. The molecule has 0 bridgehead atoms. The lowest BCUT2D eigenvalue weighted by Gasteiger charge is -2.33. The van der Waals surface area contributed by atoms with Crippen LogP contribution in [0.25, 0.3) is 0 Å². The minimum atomic E-state index is -2.78. The normalized spacial score (nSPS) is 25.0. The maximum Gasteiger partial charge on any atom is 0.248 e. The monoisotopic (exact) mass is 304 g/mol. The Labute approximate surface area is 120 Å². The predicted octanol–water partition coefficient (Wildman–Crippen LogP) is 2.64. The number of rotatable bonds is 3. The number of nitrogens with zero attached hydrogens (tertiary/aromatic N) is 2. The average molecular weight is 305 g/mol. The largest absolute Gasteiger partial charge is 0.279 e. The summed E-state index contributed by atoms with van der Waals surface area (Å²) in [6.45, 7) is 1.80. The molecule has 1 saturated carbocycles. The number of amides is 1. The Morgan fingerprint density at radius 2 is 2.15 bits per heavy atom. The highest BCUT2D eigenvalue weighted by Gasteiger charge is 2.42. The molecule has 1 heterocycles. The molecule has 20 heavy (non-hydrogen) atoms. The highest BCUT2D eigenvalue weighted by atomic mass is 35.5. The van der Waals surface area contributed by atoms with Crippen molar-refractivity contribution in [2.75, 3.05) is 5.43 Å². The molecule has 0 aromatic carbocycles. The van der Waals surface area contributed by atoms with E-state index in [1.165, 1.54) is 12.4 Å². The van der Waals surface area contributed by atoms with E-state index in [4.69, 9.17) is 11.6 Å². The van der Waals surface area contributed by atoms with Crippen molar-refractivity contribution < 1.29 is 13.6 Å². The zero-order chi connectivity index (χ0) is 14.8. The van der Waals surface area contributed by atoms with Crippen molar-refractivity contribution in [2.45, 2.75) is 32.1 Å². The number of hydrazine groups is 1. The van der Waals surface area contributed by atoms with Crippen LogP contribution in [0.2, 0.25) is 5.15 Å². The molecule has 8 heteroatoms. The van der Waals surface area contributed by atoms with Crippen LogP contribution in [0.5, 0.6) is 0 Å². The standard InChI is InChI=1S/C12H15ClF2N4O/c1-7-2-3-12(14,15)6-8(7)11(20)19-18-10-9(13)16-4-5-17-10/h4-5,7-8H,2-3,6H2,1H3,(H,17,18)(H,19,20). The lowest BCUT2D eigenvalue weighted by molar-refractivity contribution is -0.135. The van der Waals surface area contributed by atoms with Crippen LogP contribution in [0.15, 0.2) is 12.4 Å².